The predicted octanol–water partition coefficient (Wildman–Crippen LogP) is 3.15. The zero-order chi connectivity index (χ0) is 13.2. The number of amides is 1. The quantitative estimate of drug-likeness (QED) is 0.900. The minimum atomic E-state index is -0.0369. The van der Waals surface area contributed by atoms with Crippen LogP contribution in [0.15, 0.2) is 15.9 Å². The molecule has 1 aliphatic rings. The van der Waals surface area contributed by atoms with Crippen LogP contribution >= 0.6 is 27.3 Å². The van der Waals surface area contributed by atoms with Gasteiger partial charge in [-0.1, -0.05) is 0 Å². The van der Waals surface area contributed by atoms with Gasteiger partial charge in [-0.05, 0) is 46.8 Å². The van der Waals surface area contributed by atoms with Gasteiger partial charge in [-0.25, -0.2) is 0 Å². The topological polar surface area (TPSA) is 54.1 Å². The van der Waals surface area contributed by atoms with Gasteiger partial charge in [0.25, 0.3) is 5.91 Å². The van der Waals surface area contributed by atoms with Gasteiger partial charge in [0.15, 0.2) is 0 Å². The number of rotatable bonds is 3. The van der Waals surface area contributed by atoms with E-state index in [1.807, 2.05) is 12.1 Å². The summed E-state index contributed by atoms with van der Waals surface area (Å²) >= 11 is 5.03. The van der Waals surface area contributed by atoms with Gasteiger partial charge in [-0.15, -0.1) is 11.3 Å². The maximum atomic E-state index is 12.0. The molecule has 0 unspecified atom stereocenters. The maximum Gasteiger partial charge on any atom is 0.267 e. The first kappa shape index (κ1) is 13.1. The molecular weight excluding hydrogens is 328 g/mol. The minimum Gasteiger partial charge on any atom is -0.381 e. The lowest BCUT2D eigenvalue weighted by Crippen LogP contribution is -2.33. The number of carbonyl (C=O) groups is 1. The molecule has 1 amide bonds. The minimum absolute atomic E-state index is 0.0369. The van der Waals surface area contributed by atoms with E-state index in [9.17, 15) is 4.79 Å². The zero-order valence-electron chi connectivity index (χ0n) is 10.4. The van der Waals surface area contributed by atoms with Gasteiger partial charge in [0, 0.05) is 18.5 Å². The molecule has 3 rings (SSSR count). The number of ether oxygens (including phenoxy) is 1. The van der Waals surface area contributed by atoms with Crippen LogP contribution < -0.4 is 5.32 Å². The molecule has 0 aliphatic carbocycles. The van der Waals surface area contributed by atoms with Gasteiger partial charge >= 0.3 is 0 Å². The molecule has 1 saturated heterocycles. The molecule has 0 aromatic carbocycles. The highest BCUT2D eigenvalue weighted by molar-refractivity contribution is 9.11. The maximum absolute atomic E-state index is 12.0. The van der Waals surface area contributed by atoms with Crippen LogP contribution in [0.1, 0.15) is 23.3 Å². The smallest absolute Gasteiger partial charge is 0.267 e. The van der Waals surface area contributed by atoms with Crippen molar-refractivity contribution in [3.63, 3.8) is 0 Å². The van der Waals surface area contributed by atoms with Crippen molar-refractivity contribution < 1.29 is 9.53 Å². The van der Waals surface area contributed by atoms with E-state index in [-0.39, 0.29) is 5.91 Å². The van der Waals surface area contributed by atoms with Crippen LogP contribution in [0.4, 0.5) is 0 Å². The number of thiophene rings is 1. The zero-order valence-corrected chi connectivity index (χ0v) is 12.8. The van der Waals surface area contributed by atoms with E-state index < -0.39 is 0 Å². The Kier molecular flexibility index (Phi) is 3.91. The molecule has 2 aromatic heterocycles. The van der Waals surface area contributed by atoms with Crippen LogP contribution in [0.2, 0.25) is 0 Å². The SMILES string of the molecule is O=C(NC[C@H]1CCCOC1)c1cc2cc(Br)sc2[nH]1. The summed E-state index contributed by atoms with van der Waals surface area (Å²) in [6.07, 6.45) is 2.22. The van der Waals surface area contributed by atoms with E-state index >= 15 is 0 Å². The highest BCUT2D eigenvalue weighted by Gasteiger charge is 2.16. The van der Waals surface area contributed by atoms with E-state index in [0.29, 0.717) is 18.2 Å². The summed E-state index contributed by atoms with van der Waals surface area (Å²) in [4.78, 5) is 16.2. The fraction of sp³-hybridized carbons (Fsp3) is 0.462. The first-order valence-electron chi connectivity index (χ1n) is 6.36. The first-order chi connectivity index (χ1) is 9.22. The molecule has 1 fully saturated rings. The number of fused-ring (bicyclic) bond motifs is 1. The van der Waals surface area contributed by atoms with E-state index in [0.717, 1.165) is 40.1 Å². The molecule has 6 heteroatoms. The van der Waals surface area contributed by atoms with Crippen molar-refractivity contribution in [2.45, 2.75) is 12.8 Å². The summed E-state index contributed by atoms with van der Waals surface area (Å²) in [6.45, 7) is 2.30. The van der Waals surface area contributed by atoms with Crippen molar-refractivity contribution in [1.82, 2.24) is 10.3 Å². The molecule has 1 aliphatic heterocycles. The van der Waals surface area contributed by atoms with Crippen molar-refractivity contribution in [2.24, 2.45) is 5.92 Å². The number of hydrogen-bond acceptors (Lipinski definition) is 3. The largest absolute Gasteiger partial charge is 0.381 e. The highest BCUT2D eigenvalue weighted by atomic mass is 79.9. The van der Waals surface area contributed by atoms with Crippen molar-refractivity contribution >= 4 is 43.4 Å². The number of hydrogen-bond donors (Lipinski definition) is 2. The average Bonchev–Trinajstić information content (AvgIpc) is 2.94. The van der Waals surface area contributed by atoms with Crippen molar-refractivity contribution in [2.75, 3.05) is 19.8 Å². The molecule has 0 radical (unpaired) electrons. The second-order valence-electron chi connectivity index (χ2n) is 4.81. The second-order valence-corrected chi connectivity index (χ2v) is 7.24. The number of aromatic amines is 1. The lowest BCUT2D eigenvalue weighted by atomic mass is 10.0. The van der Waals surface area contributed by atoms with Crippen LogP contribution in [0.5, 0.6) is 0 Å². The summed E-state index contributed by atoms with van der Waals surface area (Å²) in [5.41, 5.74) is 0.630. The number of carbonyl (C=O) groups excluding carboxylic acids is 1. The van der Waals surface area contributed by atoms with Crippen LogP contribution in [-0.2, 0) is 4.74 Å². The fourth-order valence-electron chi connectivity index (χ4n) is 2.32. The van der Waals surface area contributed by atoms with E-state index in [1.165, 1.54) is 0 Å². The normalized spacial score (nSPS) is 19.7. The van der Waals surface area contributed by atoms with Crippen LogP contribution in [-0.4, -0.2) is 30.6 Å². The van der Waals surface area contributed by atoms with Crippen molar-refractivity contribution in [1.29, 1.82) is 0 Å². The summed E-state index contributed by atoms with van der Waals surface area (Å²) in [5.74, 6) is 0.410. The summed E-state index contributed by atoms with van der Waals surface area (Å²) in [7, 11) is 0. The standard InChI is InChI=1S/C13H15BrN2O2S/c14-11-5-9-4-10(16-13(9)19-11)12(17)15-6-8-2-1-3-18-7-8/h4-5,8,16H,1-3,6-7H2,(H,15,17)/t8-/m1/s1. The molecule has 2 N–H and O–H groups in total. The van der Waals surface area contributed by atoms with Crippen molar-refractivity contribution in [3.8, 4) is 0 Å². The van der Waals surface area contributed by atoms with E-state index in [2.05, 4.69) is 26.2 Å². The highest BCUT2D eigenvalue weighted by Crippen LogP contribution is 2.29. The van der Waals surface area contributed by atoms with Crippen LogP contribution in [0.3, 0.4) is 0 Å². The van der Waals surface area contributed by atoms with E-state index in [4.69, 9.17) is 4.74 Å². The van der Waals surface area contributed by atoms with Gasteiger partial charge in [-0.2, -0.15) is 0 Å². The number of H-pyrrole nitrogens is 1. The lowest BCUT2D eigenvalue weighted by Gasteiger charge is -2.21. The Morgan fingerprint density at radius 1 is 1.58 bits per heavy atom. The molecule has 19 heavy (non-hydrogen) atoms. The number of halogens is 1. The first-order valence-corrected chi connectivity index (χ1v) is 7.97. The Balaban J connectivity index is 1.61. The molecule has 0 saturated carbocycles. The Hall–Kier alpha value is -0.850. The number of nitrogens with one attached hydrogen (secondary N) is 2. The van der Waals surface area contributed by atoms with Crippen LogP contribution in [0.25, 0.3) is 10.2 Å². The average molecular weight is 343 g/mol. The van der Waals surface area contributed by atoms with Gasteiger partial charge in [0.2, 0.25) is 0 Å². The monoisotopic (exact) mass is 342 g/mol. The van der Waals surface area contributed by atoms with Crippen LogP contribution in [0, 0.1) is 5.92 Å². The van der Waals surface area contributed by atoms with Gasteiger partial charge in [0.1, 0.15) is 10.5 Å². The molecule has 1 atom stereocenters. The predicted molar refractivity (Wildman–Crippen MR) is 79.8 cm³/mol. The second kappa shape index (κ2) is 5.64. The Morgan fingerprint density at radius 2 is 2.47 bits per heavy atom. The molecule has 0 bridgehead atoms. The third kappa shape index (κ3) is 3.01. The lowest BCUT2D eigenvalue weighted by molar-refractivity contribution is 0.0536. The molecule has 102 valence electrons. The fourth-order valence-corrected chi connectivity index (χ4v) is 3.83. The van der Waals surface area contributed by atoms with E-state index in [1.54, 1.807) is 11.3 Å². The molecule has 4 nitrogen and oxygen atoms in total. The molecule has 3 heterocycles. The van der Waals surface area contributed by atoms with Crippen molar-refractivity contribution in [3.05, 3.63) is 21.6 Å². The number of aromatic nitrogens is 1. The molecular formula is C13H15BrN2O2S. The molecule has 2 aromatic rings. The third-order valence-corrected chi connectivity index (χ3v) is 4.90. The Morgan fingerprint density at radius 3 is 3.21 bits per heavy atom. The summed E-state index contributed by atoms with van der Waals surface area (Å²) in [5, 5.41) is 4.05. The Labute approximate surface area is 123 Å². The molecule has 0 spiro atoms. The van der Waals surface area contributed by atoms with Gasteiger partial charge < -0.3 is 15.0 Å². The third-order valence-electron chi connectivity index (χ3n) is 3.33. The summed E-state index contributed by atoms with van der Waals surface area (Å²) < 4.78 is 6.48. The van der Waals surface area contributed by atoms with Gasteiger partial charge in [-0.3, -0.25) is 4.79 Å². The van der Waals surface area contributed by atoms with Gasteiger partial charge in [0.05, 0.1) is 10.4 Å². The summed E-state index contributed by atoms with van der Waals surface area (Å²) in [6, 6.07) is 3.91. The Bertz CT molecular complexity index is 555.